The summed E-state index contributed by atoms with van der Waals surface area (Å²) in [6.45, 7) is 9.32. The number of aryl methyl sites for hydroxylation is 1. The van der Waals surface area contributed by atoms with Gasteiger partial charge >= 0.3 is 5.97 Å². The largest absolute Gasteiger partial charge is 0.466 e. The van der Waals surface area contributed by atoms with Crippen molar-refractivity contribution in [1.29, 1.82) is 0 Å². The highest BCUT2D eigenvalue weighted by Gasteiger charge is 2.21. The lowest BCUT2D eigenvalue weighted by Gasteiger charge is -2.25. The van der Waals surface area contributed by atoms with Crippen LogP contribution in [0.2, 0.25) is 0 Å². The third kappa shape index (κ3) is 4.92. The molecule has 0 aliphatic carbocycles. The van der Waals surface area contributed by atoms with Gasteiger partial charge in [0.1, 0.15) is 0 Å². The first kappa shape index (κ1) is 20.4. The molecule has 0 unspecified atom stereocenters. The number of hydrogen-bond acceptors (Lipinski definition) is 2. The van der Waals surface area contributed by atoms with Crippen molar-refractivity contribution in [3.05, 3.63) is 59.7 Å². The molecular weight excluding hydrogens is 344 g/mol. The highest BCUT2D eigenvalue weighted by atomic mass is 16.5. The molecule has 0 saturated heterocycles. The van der Waals surface area contributed by atoms with Crippen molar-refractivity contribution in [1.82, 2.24) is 0 Å². The van der Waals surface area contributed by atoms with Gasteiger partial charge in [-0.3, -0.25) is 4.79 Å². The Morgan fingerprint density at radius 2 is 1.57 bits per heavy atom. The van der Waals surface area contributed by atoms with E-state index in [2.05, 4.69) is 76.2 Å². The molecule has 2 nitrogen and oxygen atoms in total. The minimum atomic E-state index is -0.0653. The van der Waals surface area contributed by atoms with Crippen LogP contribution in [-0.4, -0.2) is 12.6 Å². The number of unbranched alkanes of at least 4 members (excludes halogenated alkanes) is 1. The first-order valence-corrected chi connectivity index (χ1v) is 10.5. The molecule has 0 aliphatic rings. The van der Waals surface area contributed by atoms with Gasteiger partial charge in [0.15, 0.2) is 0 Å². The Morgan fingerprint density at radius 3 is 2.29 bits per heavy atom. The van der Waals surface area contributed by atoms with Crippen molar-refractivity contribution < 1.29 is 9.53 Å². The second-order valence-electron chi connectivity index (χ2n) is 8.58. The average Bonchev–Trinajstić information content (AvgIpc) is 2.66. The van der Waals surface area contributed by atoms with Crippen LogP contribution < -0.4 is 0 Å². The van der Waals surface area contributed by atoms with E-state index in [1.807, 2.05) is 0 Å². The summed E-state index contributed by atoms with van der Waals surface area (Å²) in [7, 11) is 0. The number of ether oxygens (including phenoxy) is 1. The Labute approximate surface area is 168 Å². The quantitative estimate of drug-likeness (QED) is 0.238. The molecule has 3 aromatic rings. The van der Waals surface area contributed by atoms with Gasteiger partial charge in [0.25, 0.3) is 0 Å². The summed E-state index contributed by atoms with van der Waals surface area (Å²) in [6, 6.07) is 18.0. The zero-order valence-corrected chi connectivity index (χ0v) is 17.7. The Hall–Kier alpha value is -2.35. The summed E-state index contributed by atoms with van der Waals surface area (Å²) < 4.78 is 5.27. The van der Waals surface area contributed by atoms with Crippen LogP contribution in [0.15, 0.2) is 48.5 Å². The second kappa shape index (κ2) is 8.77. The molecule has 0 fully saturated rings. The fraction of sp³-hybridized carbons (Fsp3) is 0.423. The maximum Gasteiger partial charge on any atom is 0.305 e. The van der Waals surface area contributed by atoms with Crippen LogP contribution in [0.3, 0.4) is 0 Å². The Bertz CT molecular complexity index is 969. The molecular formula is C26H32O2. The highest BCUT2D eigenvalue weighted by molar-refractivity contribution is 5.98. The number of rotatable bonds is 8. The maximum absolute atomic E-state index is 11.8. The standard InChI is InChI=1S/C26H32O2/c1-5-6-14-28-25(27)8-7-13-26(3,4)24-12-11-21-16-22-15-19(2)9-10-20(22)17-23(21)18-24/h9-12,15-18H,5-8,13-14H2,1-4H3. The first-order valence-electron chi connectivity index (χ1n) is 10.5. The fourth-order valence-corrected chi connectivity index (χ4v) is 3.76. The lowest BCUT2D eigenvalue weighted by Crippen LogP contribution is -2.18. The first-order chi connectivity index (χ1) is 13.4. The van der Waals surface area contributed by atoms with E-state index in [4.69, 9.17) is 4.74 Å². The normalized spacial score (nSPS) is 11.9. The SMILES string of the molecule is CCCCOC(=O)CCCC(C)(C)c1ccc2cc3cc(C)ccc3cc2c1. The third-order valence-corrected chi connectivity index (χ3v) is 5.68. The maximum atomic E-state index is 11.8. The van der Waals surface area contributed by atoms with Gasteiger partial charge in [-0.05, 0) is 70.8 Å². The van der Waals surface area contributed by atoms with Crippen LogP contribution in [0.25, 0.3) is 21.5 Å². The van der Waals surface area contributed by atoms with E-state index in [9.17, 15) is 4.79 Å². The van der Waals surface area contributed by atoms with Gasteiger partial charge in [0.2, 0.25) is 0 Å². The molecule has 3 rings (SSSR count). The van der Waals surface area contributed by atoms with Gasteiger partial charge in [0.05, 0.1) is 6.61 Å². The predicted molar refractivity (Wildman–Crippen MR) is 119 cm³/mol. The van der Waals surface area contributed by atoms with Gasteiger partial charge in [-0.25, -0.2) is 0 Å². The van der Waals surface area contributed by atoms with E-state index in [1.54, 1.807) is 0 Å². The van der Waals surface area contributed by atoms with Gasteiger partial charge < -0.3 is 4.74 Å². The van der Waals surface area contributed by atoms with Crippen LogP contribution >= 0.6 is 0 Å². The van der Waals surface area contributed by atoms with Crippen molar-refractivity contribution in [3.63, 3.8) is 0 Å². The minimum absolute atomic E-state index is 0.0279. The summed E-state index contributed by atoms with van der Waals surface area (Å²) in [5.74, 6) is -0.0653. The zero-order chi connectivity index (χ0) is 20.1. The molecule has 0 aliphatic heterocycles. The van der Waals surface area contributed by atoms with Gasteiger partial charge in [-0.1, -0.05) is 69.2 Å². The smallest absolute Gasteiger partial charge is 0.305 e. The van der Waals surface area contributed by atoms with Crippen molar-refractivity contribution in [2.45, 2.75) is 65.2 Å². The Kier molecular flexibility index (Phi) is 6.39. The lowest BCUT2D eigenvalue weighted by molar-refractivity contribution is -0.143. The second-order valence-corrected chi connectivity index (χ2v) is 8.58. The molecule has 0 saturated carbocycles. The van der Waals surface area contributed by atoms with E-state index in [0.717, 1.165) is 25.7 Å². The molecule has 3 aromatic carbocycles. The number of carbonyl (C=O) groups excluding carboxylic acids is 1. The van der Waals surface area contributed by atoms with Gasteiger partial charge in [-0.2, -0.15) is 0 Å². The van der Waals surface area contributed by atoms with E-state index < -0.39 is 0 Å². The van der Waals surface area contributed by atoms with Crippen LogP contribution in [0.5, 0.6) is 0 Å². The average molecular weight is 377 g/mol. The molecule has 0 N–H and O–H groups in total. The zero-order valence-electron chi connectivity index (χ0n) is 17.7. The number of carbonyl (C=O) groups is 1. The monoisotopic (exact) mass is 376 g/mol. The molecule has 2 heteroatoms. The molecule has 148 valence electrons. The minimum Gasteiger partial charge on any atom is -0.466 e. The number of esters is 1. The Balaban J connectivity index is 1.71. The third-order valence-electron chi connectivity index (χ3n) is 5.68. The van der Waals surface area contributed by atoms with Crippen LogP contribution in [0.4, 0.5) is 0 Å². The molecule has 0 spiro atoms. The van der Waals surface area contributed by atoms with Crippen molar-refractivity contribution in [2.75, 3.05) is 6.61 Å². The van der Waals surface area contributed by atoms with Gasteiger partial charge in [-0.15, -0.1) is 0 Å². The van der Waals surface area contributed by atoms with Crippen LogP contribution in [-0.2, 0) is 14.9 Å². The Morgan fingerprint density at radius 1 is 0.893 bits per heavy atom. The molecule has 28 heavy (non-hydrogen) atoms. The number of benzene rings is 3. The summed E-state index contributed by atoms with van der Waals surface area (Å²) in [5.41, 5.74) is 2.64. The summed E-state index contributed by atoms with van der Waals surface area (Å²) >= 11 is 0. The van der Waals surface area contributed by atoms with E-state index in [1.165, 1.54) is 32.7 Å². The lowest BCUT2D eigenvalue weighted by atomic mass is 9.79. The predicted octanol–water partition coefficient (Wildman–Crippen LogP) is 7.09. The van der Waals surface area contributed by atoms with Crippen LogP contribution in [0, 0.1) is 6.92 Å². The molecule has 0 heterocycles. The molecule has 0 radical (unpaired) electrons. The fourth-order valence-electron chi connectivity index (χ4n) is 3.76. The summed E-state index contributed by atoms with van der Waals surface area (Å²) in [6.07, 6.45) is 4.33. The number of fused-ring (bicyclic) bond motifs is 2. The van der Waals surface area contributed by atoms with Gasteiger partial charge in [0, 0.05) is 6.42 Å². The van der Waals surface area contributed by atoms with Crippen molar-refractivity contribution >= 4 is 27.5 Å². The van der Waals surface area contributed by atoms with Crippen molar-refractivity contribution in [2.24, 2.45) is 0 Å². The molecule has 0 bridgehead atoms. The topological polar surface area (TPSA) is 26.3 Å². The van der Waals surface area contributed by atoms with E-state index >= 15 is 0 Å². The molecule has 0 aromatic heterocycles. The van der Waals surface area contributed by atoms with E-state index in [0.29, 0.717) is 13.0 Å². The van der Waals surface area contributed by atoms with Crippen LogP contribution in [0.1, 0.15) is 64.0 Å². The summed E-state index contributed by atoms with van der Waals surface area (Å²) in [5, 5.41) is 5.13. The number of hydrogen-bond donors (Lipinski definition) is 0. The summed E-state index contributed by atoms with van der Waals surface area (Å²) in [4.78, 5) is 11.8. The molecule has 0 amide bonds. The highest BCUT2D eigenvalue weighted by Crippen LogP contribution is 2.33. The van der Waals surface area contributed by atoms with E-state index in [-0.39, 0.29) is 11.4 Å². The van der Waals surface area contributed by atoms with Crippen molar-refractivity contribution in [3.8, 4) is 0 Å². The molecule has 0 atom stereocenters.